The zero-order valence-electron chi connectivity index (χ0n) is 12.2. The summed E-state index contributed by atoms with van der Waals surface area (Å²) >= 11 is 0. The first-order valence-electron chi connectivity index (χ1n) is 7.29. The first-order valence-corrected chi connectivity index (χ1v) is 7.29. The SMILES string of the molecule is CCCC1(CC)CC(N)(C(=O)Nc2ccc(F)cc2)C1. The van der Waals surface area contributed by atoms with Crippen LogP contribution in [0.25, 0.3) is 0 Å². The van der Waals surface area contributed by atoms with Crippen LogP contribution in [0.5, 0.6) is 0 Å². The fourth-order valence-electron chi connectivity index (χ4n) is 3.37. The summed E-state index contributed by atoms with van der Waals surface area (Å²) < 4.78 is 12.8. The fraction of sp³-hybridized carbons (Fsp3) is 0.562. The van der Waals surface area contributed by atoms with Crippen LogP contribution >= 0.6 is 0 Å². The van der Waals surface area contributed by atoms with Gasteiger partial charge < -0.3 is 11.1 Å². The molecule has 0 saturated heterocycles. The van der Waals surface area contributed by atoms with Gasteiger partial charge in [0.2, 0.25) is 5.91 Å². The van der Waals surface area contributed by atoms with Crippen molar-refractivity contribution >= 4 is 11.6 Å². The summed E-state index contributed by atoms with van der Waals surface area (Å²) in [5.41, 5.74) is 6.26. The summed E-state index contributed by atoms with van der Waals surface area (Å²) in [7, 11) is 0. The molecule has 0 aliphatic heterocycles. The fourth-order valence-corrected chi connectivity index (χ4v) is 3.37. The quantitative estimate of drug-likeness (QED) is 0.866. The van der Waals surface area contributed by atoms with Gasteiger partial charge in [-0.3, -0.25) is 4.79 Å². The second kappa shape index (κ2) is 5.52. The highest BCUT2D eigenvalue weighted by molar-refractivity contribution is 5.98. The van der Waals surface area contributed by atoms with E-state index in [1.165, 1.54) is 12.1 Å². The van der Waals surface area contributed by atoms with Crippen molar-refractivity contribution < 1.29 is 9.18 Å². The molecule has 0 atom stereocenters. The molecule has 1 aromatic rings. The van der Waals surface area contributed by atoms with E-state index in [1.807, 2.05) is 0 Å². The van der Waals surface area contributed by atoms with Crippen LogP contribution in [0.2, 0.25) is 0 Å². The van der Waals surface area contributed by atoms with Gasteiger partial charge in [-0.1, -0.05) is 26.7 Å². The Labute approximate surface area is 119 Å². The molecule has 1 saturated carbocycles. The van der Waals surface area contributed by atoms with E-state index in [1.54, 1.807) is 12.1 Å². The molecule has 0 aromatic heterocycles. The van der Waals surface area contributed by atoms with Crippen molar-refractivity contribution in [1.29, 1.82) is 0 Å². The largest absolute Gasteiger partial charge is 0.324 e. The van der Waals surface area contributed by atoms with Gasteiger partial charge in [-0.25, -0.2) is 4.39 Å². The lowest BCUT2D eigenvalue weighted by Gasteiger charge is -2.53. The number of benzene rings is 1. The van der Waals surface area contributed by atoms with E-state index in [0.717, 1.165) is 32.1 Å². The van der Waals surface area contributed by atoms with Crippen LogP contribution < -0.4 is 11.1 Å². The molecule has 3 N–H and O–H groups in total. The highest BCUT2D eigenvalue weighted by Gasteiger charge is 2.54. The van der Waals surface area contributed by atoms with Crippen molar-refractivity contribution in [2.45, 2.75) is 51.5 Å². The highest BCUT2D eigenvalue weighted by atomic mass is 19.1. The number of anilines is 1. The molecule has 1 aliphatic carbocycles. The molecular weight excluding hydrogens is 255 g/mol. The molecule has 1 amide bonds. The van der Waals surface area contributed by atoms with Gasteiger partial charge in [0.15, 0.2) is 0 Å². The second-order valence-corrected chi connectivity index (χ2v) is 6.07. The number of hydrogen-bond acceptors (Lipinski definition) is 2. The number of amides is 1. The third kappa shape index (κ3) is 2.85. The Kier molecular flexibility index (Phi) is 4.14. The summed E-state index contributed by atoms with van der Waals surface area (Å²) in [6.45, 7) is 4.32. The lowest BCUT2D eigenvalue weighted by atomic mass is 9.54. The van der Waals surface area contributed by atoms with Crippen LogP contribution in [-0.2, 0) is 4.79 Å². The molecule has 0 heterocycles. The van der Waals surface area contributed by atoms with E-state index in [4.69, 9.17) is 5.73 Å². The third-order valence-electron chi connectivity index (χ3n) is 4.47. The van der Waals surface area contributed by atoms with E-state index in [9.17, 15) is 9.18 Å². The van der Waals surface area contributed by atoms with E-state index in [0.29, 0.717) is 5.69 Å². The maximum absolute atomic E-state index is 12.8. The molecule has 0 bridgehead atoms. The van der Waals surface area contributed by atoms with Crippen LogP contribution in [0.15, 0.2) is 24.3 Å². The molecular formula is C16H23FN2O. The number of halogens is 1. The summed E-state index contributed by atoms with van der Waals surface area (Å²) in [6, 6.07) is 5.75. The van der Waals surface area contributed by atoms with Crippen LogP contribution in [0.3, 0.4) is 0 Å². The van der Waals surface area contributed by atoms with Crippen LogP contribution in [-0.4, -0.2) is 11.4 Å². The summed E-state index contributed by atoms with van der Waals surface area (Å²) in [5.74, 6) is -0.480. The molecule has 2 rings (SSSR count). The molecule has 0 radical (unpaired) electrons. The average molecular weight is 278 g/mol. The molecule has 4 heteroatoms. The number of carbonyl (C=O) groups is 1. The summed E-state index contributed by atoms with van der Waals surface area (Å²) in [4.78, 5) is 12.3. The molecule has 0 spiro atoms. The van der Waals surface area contributed by atoms with E-state index < -0.39 is 5.54 Å². The maximum atomic E-state index is 12.8. The lowest BCUT2D eigenvalue weighted by Crippen LogP contribution is -2.64. The lowest BCUT2D eigenvalue weighted by molar-refractivity contribution is -0.130. The third-order valence-corrected chi connectivity index (χ3v) is 4.47. The van der Waals surface area contributed by atoms with Crippen molar-refractivity contribution in [3.05, 3.63) is 30.1 Å². The number of carbonyl (C=O) groups excluding carboxylic acids is 1. The number of nitrogens with one attached hydrogen (secondary N) is 1. The Hall–Kier alpha value is -1.42. The monoisotopic (exact) mass is 278 g/mol. The average Bonchev–Trinajstić information content (AvgIpc) is 2.39. The van der Waals surface area contributed by atoms with Gasteiger partial charge in [0, 0.05) is 5.69 Å². The topological polar surface area (TPSA) is 55.1 Å². The minimum absolute atomic E-state index is 0.163. The minimum atomic E-state index is -0.778. The molecule has 20 heavy (non-hydrogen) atoms. The van der Waals surface area contributed by atoms with Crippen LogP contribution in [0, 0.1) is 11.2 Å². The number of hydrogen-bond donors (Lipinski definition) is 2. The van der Waals surface area contributed by atoms with Gasteiger partial charge in [0.1, 0.15) is 5.82 Å². The molecule has 3 nitrogen and oxygen atoms in total. The predicted molar refractivity (Wildman–Crippen MR) is 78.8 cm³/mol. The Morgan fingerprint density at radius 2 is 1.90 bits per heavy atom. The van der Waals surface area contributed by atoms with Crippen molar-refractivity contribution in [2.75, 3.05) is 5.32 Å². The number of nitrogens with two attached hydrogens (primary N) is 1. The number of rotatable bonds is 5. The normalized spacial score (nSPS) is 28.8. The highest BCUT2D eigenvalue weighted by Crippen LogP contribution is 2.52. The maximum Gasteiger partial charge on any atom is 0.244 e. The van der Waals surface area contributed by atoms with Gasteiger partial charge in [0.25, 0.3) is 0 Å². The Bertz CT molecular complexity index is 478. The van der Waals surface area contributed by atoms with Gasteiger partial charge in [0.05, 0.1) is 5.54 Å². The van der Waals surface area contributed by atoms with Crippen LogP contribution in [0.1, 0.15) is 46.0 Å². The van der Waals surface area contributed by atoms with Crippen molar-refractivity contribution in [2.24, 2.45) is 11.1 Å². The minimum Gasteiger partial charge on any atom is -0.324 e. The first kappa shape index (κ1) is 15.0. The Balaban J connectivity index is 1.98. The van der Waals surface area contributed by atoms with Gasteiger partial charge in [-0.15, -0.1) is 0 Å². The molecule has 0 unspecified atom stereocenters. The van der Waals surface area contributed by atoms with E-state index in [2.05, 4.69) is 19.2 Å². The smallest absolute Gasteiger partial charge is 0.244 e. The van der Waals surface area contributed by atoms with Gasteiger partial charge in [-0.05, 0) is 48.9 Å². The first-order chi connectivity index (χ1) is 9.43. The zero-order valence-corrected chi connectivity index (χ0v) is 12.2. The standard InChI is InChI=1S/C16H23FN2O/c1-3-9-15(4-2)10-16(18,11-15)14(20)19-13-7-5-12(17)6-8-13/h5-8H,3-4,9-11,18H2,1-2H3,(H,19,20). The Morgan fingerprint density at radius 3 is 2.40 bits per heavy atom. The Morgan fingerprint density at radius 1 is 1.30 bits per heavy atom. The zero-order chi connectivity index (χ0) is 14.8. The molecule has 110 valence electrons. The van der Waals surface area contributed by atoms with Gasteiger partial charge >= 0.3 is 0 Å². The summed E-state index contributed by atoms with van der Waals surface area (Å²) in [5, 5.41) is 2.78. The van der Waals surface area contributed by atoms with Crippen molar-refractivity contribution in [1.82, 2.24) is 0 Å². The van der Waals surface area contributed by atoms with Crippen molar-refractivity contribution in [3.8, 4) is 0 Å². The second-order valence-electron chi connectivity index (χ2n) is 6.07. The van der Waals surface area contributed by atoms with Gasteiger partial charge in [-0.2, -0.15) is 0 Å². The van der Waals surface area contributed by atoms with E-state index >= 15 is 0 Å². The predicted octanol–water partition coefficient (Wildman–Crippen LogP) is 3.45. The summed E-state index contributed by atoms with van der Waals surface area (Å²) in [6.07, 6.45) is 4.76. The van der Waals surface area contributed by atoms with Crippen molar-refractivity contribution in [3.63, 3.8) is 0 Å². The molecule has 1 fully saturated rings. The molecule has 1 aromatic carbocycles. The molecule has 1 aliphatic rings. The van der Waals surface area contributed by atoms with Crippen LogP contribution in [0.4, 0.5) is 10.1 Å². The van der Waals surface area contributed by atoms with E-state index in [-0.39, 0.29) is 17.1 Å².